The van der Waals surface area contributed by atoms with Crippen molar-refractivity contribution < 1.29 is 13.5 Å². The smallest absolute Gasteiger partial charge is 0.224 e. The van der Waals surface area contributed by atoms with E-state index in [0.29, 0.717) is 22.5 Å². The molecule has 0 saturated carbocycles. The molecule has 0 fully saturated rings. The van der Waals surface area contributed by atoms with Crippen LogP contribution in [-0.4, -0.2) is 21.9 Å². The molecular formula is C20H15F2N3O. The minimum Gasteiger partial charge on any atom is -0.480 e. The summed E-state index contributed by atoms with van der Waals surface area (Å²) >= 11 is 0. The zero-order valence-electron chi connectivity index (χ0n) is 14.2. The molecule has 4 nitrogen and oxygen atoms in total. The highest BCUT2D eigenvalue weighted by Crippen LogP contribution is 2.35. The lowest BCUT2D eigenvalue weighted by Gasteiger charge is -2.06. The van der Waals surface area contributed by atoms with Crippen molar-refractivity contribution in [3.63, 3.8) is 0 Å². The molecule has 0 bridgehead atoms. The maximum atomic E-state index is 14.4. The van der Waals surface area contributed by atoms with Crippen molar-refractivity contribution in [3.8, 4) is 22.8 Å². The van der Waals surface area contributed by atoms with Crippen molar-refractivity contribution in [3.05, 3.63) is 71.9 Å². The summed E-state index contributed by atoms with van der Waals surface area (Å²) in [6, 6.07) is 13.1. The van der Waals surface area contributed by atoms with Crippen LogP contribution >= 0.6 is 0 Å². The van der Waals surface area contributed by atoms with Crippen molar-refractivity contribution in [1.82, 2.24) is 14.8 Å². The predicted molar refractivity (Wildman–Crippen MR) is 95.5 cm³/mol. The number of hydrogen-bond acceptors (Lipinski definition) is 3. The molecule has 0 spiro atoms. The summed E-state index contributed by atoms with van der Waals surface area (Å²) in [7, 11) is 1.50. The molecule has 4 aromatic rings. The first-order valence-electron chi connectivity index (χ1n) is 8.03. The van der Waals surface area contributed by atoms with Crippen LogP contribution in [0.15, 0.2) is 54.7 Å². The fourth-order valence-electron chi connectivity index (χ4n) is 3.05. The lowest BCUT2D eigenvalue weighted by molar-refractivity contribution is 0.403. The summed E-state index contributed by atoms with van der Waals surface area (Å²) in [6.07, 6.45) is 1.53. The number of aromatic nitrogens is 3. The van der Waals surface area contributed by atoms with Crippen LogP contribution in [0.25, 0.3) is 27.8 Å². The number of para-hydroxylation sites is 1. The topological polar surface area (TPSA) is 39.9 Å². The molecule has 0 aliphatic carbocycles. The summed E-state index contributed by atoms with van der Waals surface area (Å²) in [4.78, 5) is 4.22. The molecule has 0 aliphatic rings. The van der Waals surface area contributed by atoms with Gasteiger partial charge in [0, 0.05) is 11.8 Å². The predicted octanol–water partition coefficient (Wildman–Crippen LogP) is 4.68. The Morgan fingerprint density at radius 3 is 2.42 bits per heavy atom. The van der Waals surface area contributed by atoms with Crippen LogP contribution in [0.1, 0.15) is 5.56 Å². The Morgan fingerprint density at radius 2 is 1.73 bits per heavy atom. The lowest BCUT2D eigenvalue weighted by atomic mass is 10.1. The third kappa shape index (κ3) is 2.50. The highest BCUT2D eigenvalue weighted by molar-refractivity contribution is 5.97. The molecule has 2 aromatic carbocycles. The number of methoxy groups -OCH3 is 1. The average Bonchev–Trinajstić information content (AvgIpc) is 3.01. The Kier molecular flexibility index (Phi) is 3.88. The van der Waals surface area contributed by atoms with Crippen molar-refractivity contribution >= 4 is 10.9 Å². The van der Waals surface area contributed by atoms with E-state index < -0.39 is 11.6 Å². The van der Waals surface area contributed by atoms with Gasteiger partial charge in [0.25, 0.3) is 0 Å². The van der Waals surface area contributed by atoms with Crippen molar-refractivity contribution in [2.75, 3.05) is 7.11 Å². The summed E-state index contributed by atoms with van der Waals surface area (Å²) in [5.74, 6) is -1.04. The van der Waals surface area contributed by atoms with Gasteiger partial charge in [0.1, 0.15) is 11.4 Å². The molecule has 0 unspecified atom stereocenters. The number of halogens is 2. The average molecular weight is 351 g/mol. The van der Waals surface area contributed by atoms with Gasteiger partial charge < -0.3 is 4.74 Å². The standard InChI is InChI=1S/C20H15F2N3O/c1-12-5-3-6-13(11-12)18-17-16(9-10-23-20(17)26-2)25(24-18)19-14(21)7-4-8-15(19)22/h3-11H,1-2H3. The maximum Gasteiger partial charge on any atom is 0.224 e. The molecule has 0 aliphatic heterocycles. The molecule has 0 amide bonds. The molecular weight excluding hydrogens is 336 g/mol. The molecule has 0 N–H and O–H groups in total. The normalized spacial score (nSPS) is 11.1. The Balaban J connectivity index is 2.11. The van der Waals surface area contributed by atoms with Gasteiger partial charge in [-0.05, 0) is 31.2 Å². The number of hydrogen-bond donors (Lipinski definition) is 0. The highest BCUT2D eigenvalue weighted by atomic mass is 19.1. The van der Waals surface area contributed by atoms with E-state index in [2.05, 4.69) is 10.1 Å². The molecule has 0 atom stereocenters. The monoisotopic (exact) mass is 351 g/mol. The van der Waals surface area contributed by atoms with Crippen LogP contribution in [0.2, 0.25) is 0 Å². The molecule has 2 heterocycles. The van der Waals surface area contributed by atoms with Crippen LogP contribution in [-0.2, 0) is 0 Å². The summed E-state index contributed by atoms with van der Waals surface area (Å²) in [5.41, 5.74) is 2.69. The Morgan fingerprint density at radius 1 is 1.00 bits per heavy atom. The minimum atomic E-state index is -0.694. The van der Waals surface area contributed by atoms with Crippen LogP contribution in [0.5, 0.6) is 5.88 Å². The summed E-state index contributed by atoms with van der Waals surface area (Å²) in [5, 5.41) is 5.12. The number of rotatable bonds is 3. The van der Waals surface area contributed by atoms with Gasteiger partial charge in [-0.3, -0.25) is 0 Å². The Hall–Kier alpha value is -3.28. The number of benzene rings is 2. The molecule has 4 rings (SSSR count). The zero-order valence-corrected chi connectivity index (χ0v) is 14.2. The Bertz CT molecular complexity index is 1100. The lowest BCUT2D eigenvalue weighted by Crippen LogP contribution is -2.03. The van der Waals surface area contributed by atoms with Gasteiger partial charge in [0.15, 0.2) is 11.6 Å². The third-order valence-corrected chi connectivity index (χ3v) is 4.19. The van der Waals surface area contributed by atoms with Crippen molar-refractivity contribution in [1.29, 1.82) is 0 Å². The van der Waals surface area contributed by atoms with Gasteiger partial charge in [-0.15, -0.1) is 0 Å². The van der Waals surface area contributed by atoms with Crippen LogP contribution in [0.4, 0.5) is 8.78 Å². The molecule has 0 saturated heterocycles. The first-order valence-corrected chi connectivity index (χ1v) is 8.03. The van der Waals surface area contributed by atoms with Gasteiger partial charge in [0.05, 0.1) is 18.0 Å². The van der Waals surface area contributed by atoms with E-state index in [0.717, 1.165) is 11.1 Å². The second kappa shape index (κ2) is 6.22. The quantitative estimate of drug-likeness (QED) is 0.538. The number of nitrogens with zero attached hydrogens (tertiary/aromatic N) is 3. The number of aryl methyl sites for hydroxylation is 1. The number of pyridine rings is 1. The highest BCUT2D eigenvalue weighted by Gasteiger charge is 2.21. The largest absolute Gasteiger partial charge is 0.480 e. The second-order valence-corrected chi connectivity index (χ2v) is 5.91. The Labute approximate surface area is 148 Å². The maximum absolute atomic E-state index is 14.4. The van der Waals surface area contributed by atoms with E-state index in [1.807, 2.05) is 31.2 Å². The minimum absolute atomic E-state index is 0.232. The van der Waals surface area contributed by atoms with E-state index in [1.54, 1.807) is 6.07 Å². The zero-order chi connectivity index (χ0) is 18.3. The van der Waals surface area contributed by atoms with E-state index in [4.69, 9.17) is 4.74 Å². The number of fused-ring (bicyclic) bond motifs is 1. The van der Waals surface area contributed by atoms with E-state index >= 15 is 0 Å². The first kappa shape index (κ1) is 16.2. The van der Waals surface area contributed by atoms with Crippen LogP contribution in [0.3, 0.4) is 0 Å². The van der Waals surface area contributed by atoms with Gasteiger partial charge in [-0.2, -0.15) is 5.10 Å². The van der Waals surface area contributed by atoms with Crippen molar-refractivity contribution in [2.45, 2.75) is 6.92 Å². The van der Waals surface area contributed by atoms with Gasteiger partial charge in [0.2, 0.25) is 5.88 Å². The molecule has 2 aromatic heterocycles. The molecule has 130 valence electrons. The molecule has 0 radical (unpaired) electrons. The van der Waals surface area contributed by atoms with E-state index in [-0.39, 0.29) is 5.69 Å². The summed E-state index contributed by atoms with van der Waals surface area (Å²) in [6.45, 7) is 1.97. The van der Waals surface area contributed by atoms with Gasteiger partial charge in [-0.1, -0.05) is 29.8 Å². The van der Waals surface area contributed by atoms with E-state index in [9.17, 15) is 8.78 Å². The first-order chi connectivity index (χ1) is 12.6. The number of ether oxygens (including phenoxy) is 1. The van der Waals surface area contributed by atoms with Gasteiger partial charge >= 0.3 is 0 Å². The summed E-state index contributed by atoms with van der Waals surface area (Å²) < 4.78 is 35.4. The molecule has 6 heteroatoms. The van der Waals surface area contributed by atoms with Crippen LogP contribution < -0.4 is 4.74 Å². The third-order valence-electron chi connectivity index (χ3n) is 4.19. The van der Waals surface area contributed by atoms with E-state index in [1.165, 1.54) is 36.2 Å². The fourth-order valence-corrected chi connectivity index (χ4v) is 3.05. The van der Waals surface area contributed by atoms with Crippen LogP contribution in [0, 0.1) is 18.6 Å². The second-order valence-electron chi connectivity index (χ2n) is 5.91. The molecule has 26 heavy (non-hydrogen) atoms. The SMILES string of the molecule is COc1nccc2c1c(-c1cccc(C)c1)nn2-c1c(F)cccc1F. The van der Waals surface area contributed by atoms with Crippen molar-refractivity contribution in [2.24, 2.45) is 0 Å². The fraction of sp³-hybridized carbons (Fsp3) is 0.100. The van der Waals surface area contributed by atoms with Gasteiger partial charge in [-0.25, -0.2) is 18.4 Å².